The number of hydrogen-bond donors (Lipinski definition) is 0. The van der Waals surface area contributed by atoms with Crippen molar-refractivity contribution in [3.05, 3.63) is 29.8 Å². The molecule has 22 heavy (non-hydrogen) atoms. The van der Waals surface area contributed by atoms with Crippen molar-refractivity contribution < 1.29 is 19.1 Å². The molecule has 0 atom stereocenters. The summed E-state index contributed by atoms with van der Waals surface area (Å²) in [5, 5.41) is 0. The van der Waals surface area contributed by atoms with E-state index in [1.165, 1.54) is 0 Å². The fraction of sp³-hybridized carbons (Fsp3) is 0.556. The minimum atomic E-state index is -0.222. The Balaban J connectivity index is 2.08. The molecule has 0 unspecified atom stereocenters. The third-order valence-electron chi connectivity index (χ3n) is 3.34. The third-order valence-corrected chi connectivity index (χ3v) is 3.34. The lowest BCUT2D eigenvalue weighted by atomic mass is 10.1. The Morgan fingerprint density at radius 3 is 2.32 bits per heavy atom. The molecule has 0 bridgehead atoms. The molecule has 0 aliphatic rings. The molecule has 0 saturated heterocycles. The van der Waals surface area contributed by atoms with Crippen molar-refractivity contribution in [3.8, 4) is 5.75 Å². The average molecular weight is 306 g/mol. The molecule has 0 heterocycles. The van der Waals surface area contributed by atoms with E-state index < -0.39 is 0 Å². The summed E-state index contributed by atoms with van der Waals surface area (Å²) in [5.74, 6) is 0.253. The number of unbranched alkanes of at least 4 members (excludes halogenated alkanes) is 3. The fourth-order valence-corrected chi connectivity index (χ4v) is 1.96. The number of carbonyl (C=O) groups excluding carboxylic acids is 2. The molecular formula is C18H26O4. The standard InChI is InChI=1S/C18H26O4/c1-3-4-14-21-17(19)12-6-5-7-13-18(20)22-16-11-9-8-10-15(16)2/h8-11H,3-7,12-14H2,1-2H3. The van der Waals surface area contributed by atoms with E-state index in [0.717, 1.165) is 37.7 Å². The van der Waals surface area contributed by atoms with Gasteiger partial charge in [0.05, 0.1) is 6.61 Å². The first kappa shape index (κ1) is 18.2. The van der Waals surface area contributed by atoms with Gasteiger partial charge in [-0.3, -0.25) is 9.59 Å². The van der Waals surface area contributed by atoms with Crippen molar-refractivity contribution in [2.75, 3.05) is 6.61 Å². The van der Waals surface area contributed by atoms with Crippen LogP contribution >= 0.6 is 0 Å². The summed E-state index contributed by atoms with van der Waals surface area (Å²) >= 11 is 0. The molecule has 0 fully saturated rings. The molecular weight excluding hydrogens is 280 g/mol. The van der Waals surface area contributed by atoms with Crippen LogP contribution < -0.4 is 4.74 Å². The molecule has 0 amide bonds. The Bertz CT molecular complexity index is 468. The molecule has 0 N–H and O–H groups in total. The molecule has 1 aromatic carbocycles. The van der Waals surface area contributed by atoms with Gasteiger partial charge in [-0.15, -0.1) is 0 Å². The van der Waals surface area contributed by atoms with E-state index in [4.69, 9.17) is 9.47 Å². The first-order valence-corrected chi connectivity index (χ1v) is 8.05. The Hall–Kier alpha value is -1.84. The van der Waals surface area contributed by atoms with Crippen LogP contribution in [0.2, 0.25) is 0 Å². The van der Waals surface area contributed by atoms with Crippen LogP contribution in [0.3, 0.4) is 0 Å². The van der Waals surface area contributed by atoms with Crippen LogP contribution in [0.25, 0.3) is 0 Å². The van der Waals surface area contributed by atoms with Gasteiger partial charge < -0.3 is 9.47 Å². The summed E-state index contributed by atoms with van der Waals surface area (Å²) in [4.78, 5) is 23.1. The van der Waals surface area contributed by atoms with Crippen molar-refractivity contribution in [2.24, 2.45) is 0 Å². The van der Waals surface area contributed by atoms with Gasteiger partial charge in [0.15, 0.2) is 0 Å². The highest BCUT2D eigenvalue weighted by Crippen LogP contribution is 2.17. The van der Waals surface area contributed by atoms with Crippen LogP contribution in [0, 0.1) is 6.92 Å². The molecule has 0 aliphatic heterocycles. The molecule has 4 nitrogen and oxygen atoms in total. The highest BCUT2D eigenvalue weighted by atomic mass is 16.5. The SMILES string of the molecule is CCCCOC(=O)CCCCCC(=O)Oc1ccccc1C. The van der Waals surface area contributed by atoms with Crippen molar-refractivity contribution in [1.82, 2.24) is 0 Å². The van der Waals surface area contributed by atoms with Crippen LogP contribution in [0.15, 0.2) is 24.3 Å². The van der Waals surface area contributed by atoms with Crippen LogP contribution in [0.1, 0.15) is 57.4 Å². The number of rotatable bonds is 10. The van der Waals surface area contributed by atoms with E-state index >= 15 is 0 Å². The lowest BCUT2D eigenvalue weighted by Gasteiger charge is -2.07. The fourth-order valence-electron chi connectivity index (χ4n) is 1.96. The molecule has 0 aliphatic carbocycles. The van der Waals surface area contributed by atoms with Crippen LogP contribution in [0.4, 0.5) is 0 Å². The van der Waals surface area contributed by atoms with Gasteiger partial charge in [0.25, 0.3) is 0 Å². The molecule has 0 radical (unpaired) electrons. The molecule has 1 rings (SSSR count). The van der Waals surface area contributed by atoms with Gasteiger partial charge in [0.1, 0.15) is 5.75 Å². The van der Waals surface area contributed by atoms with E-state index in [-0.39, 0.29) is 11.9 Å². The molecule has 0 saturated carbocycles. The second-order valence-electron chi connectivity index (χ2n) is 5.37. The predicted octanol–water partition coefficient (Wildman–Crippen LogP) is 4.19. The number of hydrogen-bond acceptors (Lipinski definition) is 4. The minimum absolute atomic E-state index is 0.143. The number of ether oxygens (including phenoxy) is 2. The van der Waals surface area contributed by atoms with Crippen LogP contribution in [0.5, 0.6) is 5.75 Å². The zero-order chi connectivity index (χ0) is 16.2. The highest BCUT2D eigenvalue weighted by Gasteiger charge is 2.07. The smallest absolute Gasteiger partial charge is 0.311 e. The third kappa shape index (κ3) is 7.81. The van der Waals surface area contributed by atoms with Gasteiger partial charge in [0.2, 0.25) is 0 Å². The van der Waals surface area contributed by atoms with Crippen molar-refractivity contribution in [2.45, 2.75) is 58.8 Å². The summed E-state index contributed by atoms with van der Waals surface area (Å²) < 4.78 is 10.4. The summed E-state index contributed by atoms with van der Waals surface area (Å²) in [6, 6.07) is 7.46. The van der Waals surface area contributed by atoms with E-state index in [9.17, 15) is 9.59 Å². The van der Waals surface area contributed by atoms with Crippen LogP contribution in [-0.4, -0.2) is 18.5 Å². The van der Waals surface area contributed by atoms with E-state index in [1.54, 1.807) is 6.07 Å². The summed E-state index contributed by atoms with van der Waals surface area (Å²) in [5.41, 5.74) is 0.950. The van der Waals surface area contributed by atoms with Gasteiger partial charge in [-0.25, -0.2) is 0 Å². The normalized spacial score (nSPS) is 10.3. The van der Waals surface area contributed by atoms with Gasteiger partial charge in [-0.05, 0) is 37.8 Å². The zero-order valence-corrected chi connectivity index (χ0v) is 13.6. The van der Waals surface area contributed by atoms with Gasteiger partial charge >= 0.3 is 11.9 Å². The Morgan fingerprint density at radius 2 is 1.64 bits per heavy atom. The van der Waals surface area contributed by atoms with Crippen molar-refractivity contribution in [3.63, 3.8) is 0 Å². The largest absolute Gasteiger partial charge is 0.466 e. The Kier molecular flexibility index (Phi) is 8.96. The van der Waals surface area contributed by atoms with Gasteiger partial charge in [-0.2, -0.15) is 0 Å². The topological polar surface area (TPSA) is 52.6 Å². The monoisotopic (exact) mass is 306 g/mol. The maximum atomic E-state index is 11.7. The first-order valence-electron chi connectivity index (χ1n) is 8.05. The van der Waals surface area contributed by atoms with Gasteiger partial charge in [-0.1, -0.05) is 38.0 Å². The second kappa shape index (κ2) is 10.8. The summed E-state index contributed by atoms with van der Waals surface area (Å²) in [7, 11) is 0. The molecule has 0 spiro atoms. The first-order chi connectivity index (χ1) is 10.6. The maximum absolute atomic E-state index is 11.7. The lowest BCUT2D eigenvalue weighted by Crippen LogP contribution is -2.09. The minimum Gasteiger partial charge on any atom is -0.466 e. The van der Waals surface area contributed by atoms with E-state index in [2.05, 4.69) is 6.92 Å². The number of carbonyl (C=O) groups is 2. The Morgan fingerprint density at radius 1 is 0.955 bits per heavy atom. The molecule has 1 aromatic rings. The maximum Gasteiger partial charge on any atom is 0.311 e. The molecule has 0 aromatic heterocycles. The van der Waals surface area contributed by atoms with E-state index in [1.807, 2.05) is 25.1 Å². The number of para-hydroxylation sites is 1. The quantitative estimate of drug-likeness (QED) is 0.369. The van der Waals surface area contributed by atoms with Crippen molar-refractivity contribution in [1.29, 1.82) is 0 Å². The van der Waals surface area contributed by atoms with Gasteiger partial charge in [0, 0.05) is 12.8 Å². The predicted molar refractivity (Wildman–Crippen MR) is 85.8 cm³/mol. The molecule has 122 valence electrons. The number of benzene rings is 1. The van der Waals surface area contributed by atoms with Crippen LogP contribution in [-0.2, 0) is 14.3 Å². The number of aryl methyl sites for hydroxylation is 1. The summed E-state index contributed by atoms with van der Waals surface area (Å²) in [6.07, 6.45) is 5.05. The lowest BCUT2D eigenvalue weighted by molar-refractivity contribution is -0.143. The molecule has 4 heteroatoms. The Labute approximate surface area is 132 Å². The average Bonchev–Trinajstić information content (AvgIpc) is 2.49. The zero-order valence-electron chi connectivity index (χ0n) is 13.6. The summed E-state index contributed by atoms with van der Waals surface area (Å²) in [6.45, 7) is 4.48. The number of esters is 2. The van der Waals surface area contributed by atoms with Crippen molar-refractivity contribution >= 4 is 11.9 Å². The highest BCUT2D eigenvalue weighted by molar-refractivity contribution is 5.72. The second-order valence-corrected chi connectivity index (χ2v) is 5.37. The van der Waals surface area contributed by atoms with E-state index in [0.29, 0.717) is 25.2 Å².